The van der Waals surface area contributed by atoms with Gasteiger partial charge in [-0.2, -0.15) is 0 Å². The Bertz CT molecular complexity index is 722. The van der Waals surface area contributed by atoms with Crippen LogP contribution in [0.1, 0.15) is 35.1 Å². The van der Waals surface area contributed by atoms with Gasteiger partial charge in [0.05, 0.1) is 18.6 Å². The largest absolute Gasteiger partial charge is 0.464 e. The molecule has 0 radical (unpaired) electrons. The smallest absolute Gasteiger partial charge is 0.358 e. The molecule has 0 aliphatic carbocycles. The van der Waals surface area contributed by atoms with Gasteiger partial charge in [-0.05, 0) is 12.5 Å². The summed E-state index contributed by atoms with van der Waals surface area (Å²) < 4.78 is 9.83. The average molecular weight is 345 g/mol. The maximum Gasteiger partial charge on any atom is 0.358 e. The van der Waals surface area contributed by atoms with E-state index >= 15 is 0 Å². The van der Waals surface area contributed by atoms with Crippen LogP contribution < -0.4 is 0 Å². The van der Waals surface area contributed by atoms with Gasteiger partial charge < -0.3 is 9.47 Å². The minimum Gasteiger partial charge on any atom is -0.464 e. The van der Waals surface area contributed by atoms with Crippen molar-refractivity contribution in [2.75, 3.05) is 13.7 Å². The molecule has 0 bridgehead atoms. The Morgan fingerprint density at radius 2 is 2.00 bits per heavy atom. The van der Waals surface area contributed by atoms with E-state index in [9.17, 15) is 9.59 Å². The first-order chi connectivity index (χ1) is 11.7. The van der Waals surface area contributed by atoms with Crippen LogP contribution in [0.3, 0.4) is 0 Å². The standard InChI is InChI=1S/C18H19NO4S/c1-3-4-12-23-15(20)11-10-14-16(18(21)22-2)19-17(24-14)13-8-6-5-7-9-13/h5-11H,3-4,12H2,1-2H3/b11-10+. The molecule has 1 aromatic carbocycles. The van der Waals surface area contributed by atoms with E-state index in [0.717, 1.165) is 18.4 Å². The number of hydrogen-bond donors (Lipinski definition) is 0. The van der Waals surface area contributed by atoms with Crippen LogP contribution in [-0.4, -0.2) is 30.6 Å². The fourth-order valence-corrected chi connectivity index (χ4v) is 2.86. The van der Waals surface area contributed by atoms with E-state index in [0.29, 0.717) is 16.5 Å². The number of thiazole rings is 1. The third-order valence-corrected chi connectivity index (χ3v) is 4.24. The van der Waals surface area contributed by atoms with Crippen LogP contribution in [0.25, 0.3) is 16.6 Å². The topological polar surface area (TPSA) is 65.5 Å². The summed E-state index contributed by atoms with van der Waals surface area (Å²) in [6.45, 7) is 2.41. The number of esters is 2. The Morgan fingerprint density at radius 1 is 1.25 bits per heavy atom. The van der Waals surface area contributed by atoms with Crippen molar-refractivity contribution in [1.29, 1.82) is 0 Å². The number of rotatable bonds is 7. The average Bonchev–Trinajstić information content (AvgIpc) is 3.04. The van der Waals surface area contributed by atoms with Crippen molar-refractivity contribution in [2.45, 2.75) is 19.8 Å². The lowest BCUT2D eigenvalue weighted by atomic mass is 10.2. The molecular weight excluding hydrogens is 326 g/mol. The molecule has 0 amide bonds. The fourth-order valence-electron chi connectivity index (χ4n) is 1.90. The quantitative estimate of drug-likeness (QED) is 0.432. The Kier molecular flexibility index (Phi) is 6.69. The fraction of sp³-hybridized carbons (Fsp3) is 0.278. The lowest BCUT2D eigenvalue weighted by Gasteiger charge is -1.99. The SMILES string of the molecule is CCCCOC(=O)/C=C/c1sc(-c2ccccc2)nc1C(=O)OC. The molecule has 0 aliphatic rings. The van der Waals surface area contributed by atoms with Crippen molar-refractivity contribution >= 4 is 29.4 Å². The normalized spacial score (nSPS) is 10.8. The molecule has 0 saturated carbocycles. The maximum atomic E-state index is 11.9. The summed E-state index contributed by atoms with van der Waals surface area (Å²) in [5, 5.41) is 0.690. The van der Waals surface area contributed by atoms with Crippen LogP contribution in [0.5, 0.6) is 0 Å². The molecule has 0 aliphatic heterocycles. The van der Waals surface area contributed by atoms with Gasteiger partial charge in [-0.3, -0.25) is 0 Å². The second-order valence-electron chi connectivity index (χ2n) is 4.94. The number of benzene rings is 1. The molecule has 0 saturated heterocycles. The minimum atomic E-state index is -0.535. The van der Waals surface area contributed by atoms with Crippen molar-refractivity contribution in [3.63, 3.8) is 0 Å². The third kappa shape index (κ3) is 4.76. The van der Waals surface area contributed by atoms with Crippen molar-refractivity contribution in [2.24, 2.45) is 0 Å². The first-order valence-corrected chi connectivity index (χ1v) is 8.46. The molecule has 5 nitrogen and oxygen atoms in total. The van der Waals surface area contributed by atoms with Gasteiger partial charge in [0.1, 0.15) is 5.01 Å². The van der Waals surface area contributed by atoms with Gasteiger partial charge in [0.2, 0.25) is 0 Å². The van der Waals surface area contributed by atoms with Crippen molar-refractivity contribution < 1.29 is 19.1 Å². The monoisotopic (exact) mass is 345 g/mol. The maximum absolute atomic E-state index is 11.9. The highest BCUT2D eigenvalue weighted by Gasteiger charge is 2.18. The molecule has 1 aromatic heterocycles. The lowest BCUT2D eigenvalue weighted by Crippen LogP contribution is -2.04. The van der Waals surface area contributed by atoms with Crippen LogP contribution >= 0.6 is 11.3 Å². The summed E-state index contributed by atoms with van der Waals surface area (Å²) in [5.74, 6) is -0.971. The Balaban J connectivity index is 2.23. The predicted octanol–water partition coefficient (Wildman–Crippen LogP) is 3.95. The lowest BCUT2D eigenvalue weighted by molar-refractivity contribution is -0.137. The summed E-state index contributed by atoms with van der Waals surface area (Å²) in [6.07, 6.45) is 4.64. The molecule has 6 heteroatoms. The Morgan fingerprint density at radius 3 is 2.67 bits per heavy atom. The molecule has 0 N–H and O–H groups in total. The number of carbonyl (C=O) groups excluding carboxylic acids is 2. The molecule has 24 heavy (non-hydrogen) atoms. The molecule has 126 valence electrons. The van der Waals surface area contributed by atoms with E-state index in [1.807, 2.05) is 37.3 Å². The first kappa shape index (κ1) is 17.9. The number of aromatic nitrogens is 1. The van der Waals surface area contributed by atoms with Crippen molar-refractivity contribution in [1.82, 2.24) is 4.98 Å². The number of nitrogens with zero attached hydrogens (tertiary/aromatic N) is 1. The van der Waals surface area contributed by atoms with E-state index in [-0.39, 0.29) is 5.69 Å². The number of carbonyl (C=O) groups is 2. The predicted molar refractivity (Wildman–Crippen MR) is 93.8 cm³/mol. The minimum absolute atomic E-state index is 0.193. The Labute approximate surface area is 144 Å². The van der Waals surface area contributed by atoms with Gasteiger partial charge in [-0.25, -0.2) is 14.6 Å². The van der Waals surface area contributed by atoms with E-state index in [4.69, 9.17) is 9.47 Å². The van der Waals surface area contributed by atoms with E-state index < -0.39 is 11.9 Å². The summed E-state index contributed by atoms with van der Waals surface area (Å²) >= 11 is 1.32. The molecule has 2 aromatic rings. The second-order valence-corrected chi connectivity index (χ2v) is 5.97. The number of ether oxygens (including phenoxy) is 2. The van der Waals surface area contributed by atoms with Gasteiger partial charge in [-0.15, -0.1) is 11.3 Å². The van der Waals surface area contributed by atoms with E-state index in [1.165, 1.54) is 24.5 Å². The highest BCUT2D eigenvalue weighted by Crippen LogP contribution is 2.29. The number of hydrogen-bond acceptors (Lipinski definition) is 6. The second kappa shape index (κ2) is 8.98. The zero-order valence-corrected chi connectivity index (χ0v) is 14.5. The molecule has 0 unspecified atom stereocenters. The molecule has 0 atom stereocenters. The summed E-state index contributed by atoms with van der Waals surface area (Å²) in [4.78, 5) is 28.5. The zero-order chi connectivity index (χ0) is 17.4. The molecule has 0 fully saturated rings. The van der Waals surface area contributed by atoms with Crippen LogP contribution in [0.15, 0.2) is 36.4 Å². The van der Waals surface area contributed by atoms with Gasteiger partial charge in [0, 0.05) is 11.6 Å². The number of unbranched alkanes of at least 4 members (excludes halogenated alkanes) is 1. The molecule has 0 spiro atoms. The molecular formula is C18H19NO4S. The summed E-state index contributed by atoms with van der Waals surface area (Å²) in [7, 11) is 1.30. The van der Waals surface area contributed by atoms with Crippen LogP contribution in [0.4, 0.5) is 0 Å². The Hall–Kier alpha value is -2.47. The number of methoxy groups -OCH3 is 1. The van der Waals surface area contributed by atoms with Gasteiger partial charge in [0.25, 0.3) is 0 Å². The van der Waals surface area contributed by atoms with Gasteiger partial charge in [-0.1, -0.05) is 43.7 Å². The van der Waals surface area contributed by atoms with Gasteiger partial charge >= 0.3 is 11.9 Å². The van der Waals surface area contributed by atoms with E-state index in [1.54, 1.807) is 6.08 Å². The summed E-state index contributed by atoms with van der Waals surface area (Å²) in [6, 6.07) is 9.52. The zero-order valence-electron chi connectivity index (χ0n) is 13.7. The molecule has 2 rings (SSSR count). The first-order valence-electron chi connectivity index (χ1n) is 7.65. The van der Waals surface area contributed by atoms with Crippen LogP contribution in [-0.2, 0) is 14.3 Å². The van der Waals surface area contributed by atoms with Crippen LogP contribution in [0, 0.1) is 0 Å². The third-order valence-electron chi connectivity index (χ3n) is 3.17. The highest BCUT2D eigenvalue weighted by molar-refractivity contribution is 7.16. The highest BCUT2D eigenvalue weighted by atomic mass is 32.1. The van der Waals surface area contributed by atoms with Crippen molar-refractivity contribution in [3.05, 3.63) is 47.0 Å². The summed E-state index contributed by atoms with van der Waals surface area (Å²) in [5.41, 5.74) is 1.09. The van der Waals surface area contributed by atoms with E-state index in [2.05, 4.69) is 4.98 Å². The van der Waals surface area contributed by atoms with Crippen molar-refractivity contribution in [3.8, 4) is 10.6 Å². The van der Waals surface area contributed by atoms with Gasteiger partial charge in [0.15, 0.2) is 5.69 Å². The van der Waals surface area contributed by atoms with Crippen LogP contribution in [0.2, 0.25) is 0 Å². The molecule has 1 heterocycles.